The van der Waals surface area contributed by atoms with Gasteiger partial charge in [0.15, 0.2) is 0 Å². The third-order valence-corrected chi connectivity index (χ3v) is 3.86. The molecule has 1 aliphatic heterocycles. The maximum Gasteiger partial charge on any atom is 0.124 e. The average molecular weight is 262 g/mol. The van der Waals surface area contributed by atoms with E-state index in [0.717, 1.165) is 32.0 Å². The highest BCUT2D eigenvalue weighted by Crippen LogP contribution is 2.34. The normalized spacial score (nSPS) is 22.1. The van der Waals surface area contributed by atoms with Crippen LogP contribution in [0.3, 0.4) is 0 Å². The fourth-order valence-corrected chi connectivity index (χ4v) is 2.98. The van der Waals surface area contributed by atoms with E-state index in [2.05, 4.69) is 49.2 Å². The lowest BCUT2D eigenvalue weighted by molar-refractivity contribution is 0.0902. The van der Waals surface area contributed by atoms with E-state index in [9.17, 15) is 0 Å². The summed E-state index contributed by atoms with van der Waals surface area (Å²) in [6, 6.07) is 9.22. The molecule has 2 rings (SSSR count). The highest BCUT2D eigenvalue weighted by atomic mass is 16.5. The first-order chi connectivity index (χ1) is 9.31. The molecule has 2 atom stereocenters. The molecule has 0 amide bonds. The summed E-state index contributed by atoms with van der Waals surface area (Å²) in [4.78, 5) is 2.53. The maximum atomic E-state index is 5.96. The second-order valence-electron chi connectivity index (χ2n) is 5.08. The fraction of sp³-hybridized carbons (Fsp3) is 0.625. The van der Waals surface area contributed by atoms with E-state index in [1.165, 1.54) is 12.0 Å². The lowest BCUT2D eigenvalue weighted by atomic mass is 9.95. The van der Waals surface area contributed by atoms with Crippen LogP contribution in [-0.4, -0.2) is 37.2 Å². The molecule has 0 saturated heterocycles. The smallest absolute Gasteiger partial charge is 0.124 e. The van der Waals surface area contributed by atoms with Gasteiger partial charge in [-0.2, -0.15) is 0 Å². The number of rotatable bonds is 6. The van der Waals surface area contributed by atoms with Crippen LogP contribution in [-0.2, 0) is 0 Å². The number of ether oxygens (including phenoxy) is 1. The van der Waals surface area contributed by atoms with Crippen LogP contribution in [0.4, 0.5) is 0 Å². The summed E-state index contributed by atoms with van der Waals surface area (Å²) >= 11 is 0. The van der Waals surface area contributed by atoms with Crippen molar-refractivity contribution in [1.29, 1.82) is 0 Å². The number of nitrogens with zero attached hydrogens (tertiary/aromatic N) is 1. The van der Waals surface area contributed by atoms with Gasteiger partial charge in [-0.05, 0) is 32.1 Å². The number of hydrogen-bond acceptors (Lipinski definition) is 3. The van der Waals surface area contributed by atoms with Crippen molar-refractivity contribution in [2.75, 3.05) is 26.2 Å². The van der Waals surface area contributed by atoms with Crippen LogP contribution < -0.4 is 10.1 Å². The van der Waals surface area contributed by atoms with Crippen LogP contribution in [0.15, 0.2) is 24.3 Å². The van der Waals surface area contributed by atoms with Crippen molar-refractivity contribution < 1.29 is 4.74 Å². The van der Waals surface area contributed by atoms with Crippen molar-refractivity contribution in [2.45, 2.75) is 39.3 Å². The molecule has 0 spiro atoms. The molecule has 0 fully saturated rings. The first kappa shape index (κ1) is 14.4. The minimum absolute atomic E-state index is 0.376. The summed E-state index contributed by atoms with van der Waals surface area (Å²) in [7, 11) is 0. The topological polar surface area (TPSA) is 24.5 Å². The van der Waals surface area contributed by atoms with Crippen LogP contribution in [0.1, 0.15) is 38.8 Å². The summed E-state index contributed by atoms with van der Waals surface area (Å²) in [5, 5.41) is 3.64. The van der Waals surface area contributed by atoms with Crippen LogP contribution >= 0.6 is 0 Å². The van der Waals surface area contributed by atoms with Gasteiger partial charge >= 0.3 is 0 Å². The van der Waals surface area contributed by atoms with Gasteiger partial charge in [-0.3, -0.25) is 4.90 Å². The highest BCUT2D eigenvalue weighted by Gasteiger charge is 2.33. The third-order valence-electron chi connectivity index (χ3n) is 3.86. The Morgan fingerprint density at radius 2 is 2.05 bits per heavy atom. The van der Waals surface area contributed by atoms with E-state index in [1.54, 1.807) is 0 Å². The number of para-hydroxylation sites is 1. The zero-order valence-corrected chi connectivity index (χ0v) is 12.4. The monoisotopic (exact) mass is 262 g/mol. The molecule has 3 heteroatoms. The van der Waals surface area contributed by atoms with Gasteiger partial charge in [-0.15, -0.1) is 0 Å². The SMILES string of the molecule is CCCN(CC)C1COc2ccccc2C1NCC. The van der Waals surface area contributed by atoms with E-state index in [4.69, 9.17) is 4.74 Å². The molecule has 0 radical (unpaired) electrons. The highest BCUT2D eigenvalue weighted by molar-refractivity contribution is 5.38. The molecule has 1 aromatic carbocycles. The van der Waals surface area contributed by atoms with Crippen LogP contribution in [0.5, 0.6) is 5.75 Å². The van der Waals surface area contributed by atoms with Crippen LogP contribution in [0.2, 0.25) is 0 Å². The van der Waals surface area contributed by atoms with E-state index < -0.39 is 0 Å². The minimum atomic E-state index is 0.376. The summed E-state index contributed by atoms with van der Waals surface area (Å²) in [5.41, 5.74) is 1.30. The molecule has 1 aromatic rings. The number of benzene rings is 1. The first-order valence-electron chi connectivity index (χ1n) is 7.50. The lowest BCUT2D eigenvalue weighted by Gasteiger charge is -2.40. The van der Waals surface area contributed by atoms with Gasteiger partial charge in [0.1, 0.15) is 12.4 Å². The van der Waals surface area contributed by atoms with E-state index in [0.29, 0.717) is 12.1 Å². The molecule has 1 aliphatic rings. The molecule has 2 unspecified atom stereocenters. The molecule has 0 aromatic heterocycles. The average Bonchev–Trinajstić information content (AvgIpc) is 2.46. The maximum absolute atomic E-state index is 5.96. The van der Waals surface area contributed by atoms with Gasteiger partial charge in [0, 0.05) is 5.56 Å². The molecule has 3 nitrogen and oxygen atoms in total. The fourth-order valence-electron chi connectivity index (χ4n) is 2.98. The van der Waals surface area contributed by atoms with Crippen LogP contribution in [0, 0.1) is 0 Å². The number of nitrogens with one attached hydrogen (secondary N) is 1. The molecule has 0 saturated carbocycles. The Morgan fingerprint density at radius 1 is 1.26 bits per heavy atom. The Hall–Kier alpha value is -1.06. The third kappa shape index (κ3) is 3.10. The molecule has 0 aliphatic carbocycles. The van der Waals surface area contributed by atoms with Gasteiger partial charge < -0.3 is 10.1 Å². The van der Waals surface area contributed by atoms with Gasteiger partial charge in [0.25, 0.3) is 0 Å². The standard InChI is InChI=1S/C16H26N2O/c1-4-11-18(6-3)14-12-19-15-10-8-7-9-13(15)16(14)17-5-2/h7-10,14,16-17H,4-6,11-12H2,1-3H3. The predicted octanol–water partition coefficient (Wildman–Crippen LogP) is 2.83. The summed E-state index contributed by atoms with van der Waals surface area (Å²) in [6.45, 7) is 10.6. The Labute approximate surface area is 116 Å². The minimum Gasteiger partial charge on any atom is -0.492 e. The molecule has 1 heterocycles. The Balaban J connectivity index is 2.25. The second-order valence-corrected chi connectivity index (χ2v) is 5.08. The van der Waals surface area contributed by atoms with Gasteiger partial charge in [0.2, 0.25) is 0 Å². The van der Waals surface area contributed by atoms with E-state index >= 15 is 0 Å². The zero-order chi connectivity index (χ0) is 13.7. The summed E-state index contributed by atoms with van der Waals surface area (Å²) in [5.74, 6) is 1.04. The van der Waals surface area contributed by atoms with E-state index in [-0.39, 0.29) is 0 Å². The summed E-state index contributed by atoms with van der Waals surface area (Å²) in [6.07, 6.45) is 1.19. The number of hydrogen-bond donors (Lipinski definition) is 1. The Kier molecular flexibility index (Phi) is 5.23. The van der Waals surface area contributed by atoms with Crippen molar-refractivity contribution in [1.82, 2.24) is 10.2 Å². The first-order valence-corrected chi connectivity index (χ1v) is 7.50. The summed E-state index contributed by atoms with van der Waals surface area (Å²) < 4.78 is 5.96. The van der Waals surface area contributed by atoms with E-state index in [1.807, 2.05) is 6.07 Å². The molecular weight excluding hydrogens is 236 g/mol. The van der Waals surface area contributed by atoms with Crippen molar-refractivity contribution in [3.05, 3.63) is 29.8 Å². The van der Waals surface area contributed by atoms with Gasteiger partial charge in [0.05, 0.1) is 12.1 Å². The largest absolute Gasteiger partial charge is 0.492 e. The number of fused-ring (bicyclic) bond motifs is 1. The van der Waals surface area contributed by atoms with Gasteiger partial charge in [-0.1, -0.05) is 39.0 Å². The predicted molar refractivity (Wildman–Crippen MR) is 79.7 cm³/mol. The Morgan fingerprint density at radius 3 is 2.74 bits per heavy atom. The molecule has 19 heavy (non-hydrogen) atoms. The Bertz CT molecular complexity index is 394. The van der Waals surface area contributed by atoms with Crippen molar-refractivity contribution in [2.24, 2.45) is 0 Å². The molecule has 106 valence electrons. The lowest BCUT2D eigenvalue weighted by Crippen LogP contribution is -2.50. The molecule has 1 N–H and O–H groups in total. The second kappa shape index (κ2) is 6.92. The van der Waals surface area contributed by atoms with Crippen molar-refractivity contribution >= 4 is 0 Å². The molecule has 0 bridgehead atoms. The quantitative estimate of drug-likeness (QED) is 0.853. The van der Waals surface area contributed by atoms with Crippen LogP contribution in [0.25, 0.3) is 0 Å². The molecular formula is C16H26N2O. The van der Waals surface area contributed by atoms with Crippen molar-refractivity contribution in [3.63, 3.8) is 0 Å². The van der Waals surface area contributed by atoms with Crippen molar-refractivity contribution in [3.8, 4) is 5.75 Å². The van der Waals surface area contributed by atoms with Gasteiger partial charge in [-0.25, -0.2) is 0 Å². The number of likely N-dealkylation sites (N-methyl/N-ethyl adjacent to an activating group) is 2. The zero-order valence-electron chi connectivity index (χ0n) is 12.4.